The van der Waals surface area contributed by atoms with Crippen molar-refractivity contribution in [1.82, 2.24) is 10.2 Å². The molecule has 23 heavy (non-hydrogen) atoms. The number of nitrogens with zero attached hydrogens (tertiary/aromatic N) is 2. The van der Waals surface area contributed by atoms with Gasteiger partial charge in [-0.1, -0.05) is 11.6 Å². The molecule has 1 atom stereocenters. The SMILES string of the molecule is CC(C(=O)NCCCN(C)C)N(c1ccc(Cl)cc1)S(C)(=O)=O. The number of rotatable bonds is 8. The molecule has 130 valence electrons. The van der Waals surface area contributed by atoms with Gasteiger partial charge in [0.2, 0.25) is 15.9 Å². The summed E-state index contributed by atoms with van der Waals surface area (Å²) in [5, 5.41) is 3.28. The lowest BCUT2D eigenvalue weighted by Gasteiger charge is -2.28. The number of sulfonamides is 1. The van der Waals surface area contributed by atoms with Crippen LogP contribution in [0, 0.1) is 0 Å². The van der Waals surface area contributed by atoms with Gasteiger partial charge in [-0.25, -0.2) is 8.42 Å². The summed E-state index contributed by atoms with van der Waals surface area (Å²) >= 11 is 5.83. The lowest BCUT2D eigenvalue weighted by atomic mass is 10.2. The minimum Gasteiger partial charge on any atom is -0.354 e. The van der Waals surface area contributed by atoms with Gasteiger partial charge in [0.25, 0.3) is 0 Å². The highest BCUT2D eigenvalue weighted by Crippen LogP contribution is 2.22. The van der Waals surface area contributed by atoms with Gasteiger partial charge in [-0.3, -0.25) is 9.10 Å². The quantitative estimate of drug-likeness (QED) is 0.713. The Hall–Kier alpha value is -1.31. The Kier molecular flexibility index (Phi) is 7.31. The van der Waals surface area contributed by atoms with E-state index in [1.807, 2.05) is 19.0 Å². The Balaban J connectivity index is 2.83. The predicted molar refractivity (Wildman–Crippen MR) is 94.4 cm³/mol. The molecule has 0 radical (unpaired) electrons. The van der Waals surface area contributed by atoms with Crippen molar-refractivity contribution in [2.24, 2.45) is 0 Å². The van der Waals surface area contributed by atoms with Gasteiger partial charge >= 0.3 is 0 Å². The average molecular weight is 362 g/mol. The van der Waals surface area contributed by atoms with E-state index >= 15 is 0 Å². The Morgan fingerprint density at radius 1 is 1.26 bits per heavy atom. The van der Waals surface area contributed by atoms with Crippen LogP contribution in [0.4, 0.5) is 5.69 Å². The molecule has 1 N–H and O–H groups in total. The van der Waals surface area contributed by atoms with Crippen LogP contribution in [0.25, 0.3) is 0 Å². The van der Waals surface area contributed by atoms with Gasteiger partial charge in [0.1, 0.15) is 6.04 Å². The predicted octanol–water partition coefficient (Wildman–Crippen LogP) is 1.56. The highest BCUT2D eigenvalue weighted by Gasteiger charge is 2.28. The topological polar surface area (TPSA) is 69.7 Å². The maximum Gasteiger partial charge on any atom is 0.243 e. The molecular formula is C15H24ClN3O3S. The smallest absolute Gasteiger partial charge is 0.243 e. The first-order valence-corrected chi connectivity index (χ1v) is 9.53. The third kappa shape index (κ3) is 6.37. The van der Waals surface area contributed by atoms with Gasteiger partial charge in [-0.15, -0.1) is 0 Å². The Labute approximate surface area is 143 Å². The maximum absolute atomic E-state index is 12.3. The summed E-state index contributed by atoms with van der Waals surface area (Å²) in [7, 11) is 0.312. The molecule has 0 aliphatic heterocycles. The number of benzene rings is 1. The Bertz CT molecular complexity index is 617. The summed E-state index contributed by atoms with van der Waals surface area (Å²) < 4.78 is 25.3. The molecule has 0 bridgehead atoms. The van der Waals surface area contributed by atoms with Crippen molar-refractivity contribution in [3.8, 4) is 0 Å². The third-order valence-corrected chi connectivity index (χ3v) is 4.74. The molecule has 8 heteroatoms. The molecule has 1 unspecified atom stereocenters. The highest BCUT2D eigenvalue weighted by molar-refractivity contribution is 7.92. The molecule has 1 amide bonds. The molecule has 1 aromatic carbocycles. The minimum absolute atomic E-state index is 0.330. The van der Waals surface area contributed by atoms with Crippen LogP contribution in [0.2, 0.25) is 5.02 Å². The summed E-state index contributed by atoms with van der Waals surface area (Å²) in [5.41, 5.74) is 0.410. The molecule has 0 saturated carbocycles. The van der Waals surface area contributed by atoms with E-state index in [0.29, 0.717) is 17.3 Å². The van der Waals surface area contributed by atoms with Gasteiger partial charge in [0, 0.05) is 11.6 Å². The molecule has 1 rings (SSSR count). The van der Waals surface area contributed by atoms with Crippen LogP contribution >= 0.6 is 11.6 Å². The fraction of sp³-hybridized carbons (Fsp3) is 0.533. The zero-order chi connectivity index (χ0) is 17.6. The van der Waals surface area contributed by atoms with E-state index in [4.69, 9.17) is 11.6 Å². The minimum atomic E-state index is -3.60. The van der Waals surface area contributed by atoms with E-state index in [9.17, 15) is 13.2 Å². The maximum atomic E-state index is 12.3. The van der Waals surface area contributed by atoms with Crippen LogP contribution in [-0.2, 0) is 14.8 Å². The highest BCUT2D eigenvalue weighted by atomic mass is 35.5. The Morgan fingerprint density at radius 2 is 1.83 bits per heavy atom. The second-order valence-corrected chi connectivity index (χ2v) is 7.95. The number of nitrogens with one attached hydrogen (secondary N) is 1. The molecule has 0 aliphatic carbocycles. The average Bonchev–Trinajstić information content (AvgIpc) is 2.44. The number of halogens is 1. The van der Waals surface area contributed by atoms with Crippen molar-refractivity contribution in [3.05, 3.63) is 29.3 Å². The zero-order valence-corrected chi connectivity index (χ0v) is 15.5. The van der Waals surface area contributed by atoms with E-state index in [0.717, 1.165) is 23.5 Å². The molecular weight excluding hydrogens is 338 g/mol. The first-order chi connectivity index (χ1) is 10.6. The fourth-order valence-corrected chi connectivity index (χ4v) is 3.45. The fourth-order valence-electron chi connectivity index (χ4n) is 2.15. The molecule has 0 spiro atoms. The number of carbonyl (C=O) groups excluding carboxylic acids is 1. The summed E-state index contributed by atoms with van der Waals surface area (Å²) in [5.74, 6) is -0.330. The lowest BCUT2D eigenvalue weighted by Crippen LogP contribution is -2.48. The standard InChI is InChI=1S/C15H24ClN3O3S/c1-12(15(20)17-10-5-11-18(2)3)19(23(4,21)22)14-8-6-13(16)7-9-14/h6-9,12H,5,10-11H2,1-4H3,(H,17,20). The van der Waals surface area contributed by atoms with E-state index in [-0.39, 0.29) is 5.91 Å². The van der Waals surface area contributed by atoms with E-state index < -0.39 is 16.1 Å². The zero-order valence-electron chi connectivity index (χ0n) is 13.9. The second kappa shape index (κ2) is 8.52. The first kappa shape index (κ1) is 19.7. The lowest BCUT2D eigenvalue weighted by molar-refractivity contribution is -0.121. The normalized spacial score (nSPS) is 13.0. The molecule has 0 fully saturated rings. The number of anilines is 1. The summed E-state index contributed by atoms with van der Waals surface area (Å²) in [6.45, 7) is 2.91. The van der Waals surface area contributed by atoms with Crippen molar-refractivity contribution in [2.75, 3.05) is 37.7 Å². The van der Waals surface area contributed by atoms with Crippen LogP contribution in [0.5, 0.6) is 0 Å². The number of hydrogen-bond acceptors (Lipinski definition) is 4. The molecule has 6 nitrogen and oxygen atoms in total. The van der Waals surface area contributed by atoms with Crippen molar-refractivity contribution >= 4 is 33.2 Å². The van der Waals surface area contributed by atoms with Crippen molar-refractivity contribution < 1.29 is 13.2 Å². The molecule has 0 aliphatic rings. The molecule has 0 aromatic heterocycles. The second-order valence-electron chi connectivity index (χ2n) is 5.66. The first-order valence-electron chi connectivity index (χ1n) is 7.30. The Morgan fingerprint density at radius 3 is 2.30 bits per heavy atom. The van der Waals surface area contributed by atoms with E-state index in [1.54, 1.807) is 31.2 Å². The number of amides is 1. The summed E-state index contributed by atoms with van der Waals surface area (Å²) in [6, 6.07) is 5.51. The van der Waals surface area contributed by atoms with Gasteiger partial charge in [-0.05, 0) is 58.3 Å². The monoisotopic (exact) mass is 361 g/mol. The number of carbonyl (C=O) groups is 1. The van der Waals surface area contributed by atoms with Crippen molar-refractivity contribution in [1.29, 1.82) is 0 Å². The van der Waals surface area contributed by atoms with Crippen molar-refractivity contribution in [2.45, 2.75) is 19.4 Å². The molecule has 1 aromatic rings. The van der Waals surface area contributed by atoms with E-state index in [2.05, 4.69) is 5.32 Å². The van der Waals surface area contributed by atoms with Gasteiger partial charge in [0.15, 0.2) is 0 Å². The van der Waals surface area contributed by atoms with Gasteiger partial charge in [-0.2, -0.15) is 0 Å². The summed E-state index contributed by atoms with van der Waals surface area (Å²) in [4.78, 5) is 14.3. The third-order valence-electron chi connectivity index (χ3n) is 3.25. The largest absolute Gasteiger partial charge is 0.354 e. The van der Waals surface area contributed by atoms with Crippen LogP contribution in [-0.4, -0.2) is 58.7 Å². The number of hydrogen-bond donors (Lipinski definition) is 1. The van der Waals surface area contributed by atoms with Gasteiger partial charge in [0.05, 0.1) is 11.9 Å². The van der Waals surface area contributed by atoms with Crippen LogP contribution in [0.1, 0.15) is 13.3 Å². The summed E-state index contributed by atoms with van der Waals surface area (Å²) in [6.07, 6.45) is 1.88. The molecule has 0 heterocycles. The van der Waals surface area contributed by atoms with Crippen LogP contribution in [0.3, 0.4) is 0 Å². The van der Waals surface area contributed by atoms with E-state index in [1.165, 1.54) is 0 Å². The van der Waals surface area contributed by atoms with Gasteiger partial charge < -0.3 is 10.2 Å². The van der Waals surface area contributed by atoms with Crippen LogP contribution < -0.4 is 9.62 Å². The van der Waals surface area contributed by atoms with Crippen LogP contribution in [0.15, 0.2) is 24.3 Å². The molecule has 0 saturated heterocycles. The van der Waals surface area contributed by atoms with Crippen molar-refractivity contribution in [3.63, 3.8) is 0 Å².